The molecule has 98 valence electrons. The fourth-order valence-corrected chi connectivity index (χ4v) is 2.11. The lowest BCUT2D eigenvalue weighted by molar-refractivity contribution is 0.0696. The quantitative estimate of drug-likeness (QED) is 0.843. The summed E-state index contributed by atoms with van der Waals surface area (Å²) in [7, 11) is 0. The highest BCUT2D eigenvalue weighted by molar-refractivity contribution is 9.10. The van der Waals surface area contributed by atoms with E-state index in [1.165, 1.54) is 12.1 Å². The summed E-state index contributed by atoms with van der Waals surface area (Å²) in [5.41, 5.74) is 1.21. The zero-order valence-electron chi connectivity index (χ0n) is 9.77. The number of carboxylic acid groups (broad SMARTS) is 1. The molecule has 2 aromatic carbocycles. The Kier molecular flexibility index (Phi) is 4.61. The van der Waals surface area contributed by atoms with Crippen molar-refractivity contribution >= 4 is 37.8 Å². The molecule has 0 saturated heterocycles. The number of hydrogen-bond acceptors (Lipinski definition) is 2. The molecule has 0 atom stereocenters. The van der Waals surface area contributed by atoms with Gasteiger partial charge in [0, 0.05) is 4.47 Å². The normalized spacial score (nSPS) is 10.2. The summed E-state index contributed by atoms with van der Waals surface area (Å²) in [6.07, 6.45) is 0. The Morgan fingerprint density at radius 1 is 1.11 bits per heavy atom. The largest absolute Gasteiger partial charge is 0.488 e. The van der Waals surface area contributed by atoms with Crippen LogP contribution in [0, 0.1) is 0 Å². The standard InChI is InChI=1S/C14H10Br2O3/c15-11-4-1-9(2-5-11)8-19-13-7-10(14(17)18)3-6-12(13)16/h1-7H,8H2,(H,17,18). The lowest BCUT2D eigenvalue weighted by atomic mass is 10.2. The van der Waals surface area contributed by atoms with Crippen molar-refractivity contribution in [1.29, 1.82) is 0 Å². The van der Waals surface area contributed by atoms with Crippen molar-refractivity contribution < 1.29 is 14.6 Å². The Balaban J connectivity index is 2.12. The maximum atomic E-state index is 10.9. The molecule has 0 saturated carbocycles. The first-order chi connectivity index (χ1) is 9.06. The molecule has 2 aromatic rings. The number of rotatable bonds is 4. The lowest BCUT2D eigenvalue weighted by Gasteiger charge is -2.09. The van der Waals surface area contributed by atoms with Gasteiger partial charge in [0.25, 0.3) is 0 Å². The van der Waals surface area contributed by atoms with Crippen LogP contribution in [0.3, 0.4) is 0 Å². The van der Waals surface area contributed by atoms with Crippen molar-refractivity contribution in [3.63, 3.8) is 0 Å². The fourth-order valence-electron chi connectivity index (χ4n) is 1.49. The molecule has 0 heterocycles. The van der Waals surface area contributed by atoms with Crippen LogP contribution in [0.5, 0.6) is 5.75 Å². The Bertz CT molecular complexity index is 594. The van der Waals surface area contributed by atoms with Gasteiger partial charge < -0.3 is 9.84 Å². The number of ether oxygens (including phenoxy) is 1. The molecular weight excluding hydrogens is 376 g/mol. The minimum Gasteiger partial charge on any atom is -0.488 e. The van der Waals surface area contributed by atoms with Crippen LogP contribution in [0.2, 0.25) is 0 Å². The van der Waals surface area contributed by atoms with Crippen LogP contribution in [0.1, 0.15) is 15.9 Å². The van der Waals surface area contributed by atoms with Crippen LogP contribution in [-0.2, 0) is 6.61 Å². The molecule has 0 unspecified atom stereocenters. The highest BCUT2D eigenvalue weighted by Crippen LogP contribution is 2.27. The smallest absolute Gasteiger partial charge is 0.335 e. The first kappa shape index (κ1) is 14.1. The second-order valence-electron chi connectivity index (χ2n) is 3.87. The average molecular weight is 386 g/mol. The molecule has 0 aliphatic heterocycles. The zero-order valence-corrected chi connectivity index (χ0v) is 12.9. The van der Waals surface area contributed by atoms with Crippen LogP contribution in [0.4, 0.5) is 0 Å². The van der Waals surface area contributed by atoms with E-state index in [9.17, 15) is 4.79 Å². The van der Waals surface area contributed by atoms with Gasteiger partial charge in [-0.2, -0.15) is 0 Å². The van der Waals surface area contributed by atoms with Crippen LogP contribution in [0.25, 0.3) is 0 Å². The monoisotopic (exact) mass is 384 g/mol. The van der Waals surface area contributed by atoms with Gasteiger partial charge in [0.1, 0.15) is 12.4 Å². The van der Waals surface area contributed by atoms with Gasteiger partial charge in [0.2, 0.25) is 0 Å². The first-order valence-corrected chi connectivity index (χ1v) is 7.05. The number of halogens is 2. The zero-order chi connectivity index (χ0) is 13.8. The Morgan fingerprint density at radius 3 is 2.42 bits per heavy atom. The van der Waals surface area contributed by atoms with Gasteiger partial charge >= 0.3 is 5.97 Å². The second-order valence-corrected chi connectivity index (χ2v) is 5.64. The first-order valence-electron chi connectivity index (χ1n) is 5.46. The molecule has 0 aliphatic rings. The summed E-state index contributed by atoms with van der Waals surface area (Å²) in [6, 6.07) is 12.4. The number of carboxylic acids is 1. The molecule has 2 rings (SSSR count). The average Bonchev–Trinajstić information content (AvgIpc) is 2.39. The van der Waals surface area contributed by atoms with Gasteiger partial charge in [-0.15, -0.1) is 0 Å². The van der Waals surface area contributed by atoms with Crippen molar-refractivity contribution in [3.8, 4) is 5.75 Å². The van der Waals surface area contributed by atoms with Crippen molar-refractivity contribution in [2.75, 3.05) is 0 Å². The van der Waals surface area contributed by atoms with Gasteiger partial charge in [0.15, 0.2) is 0 Å². The van der Waals surface area contributed by atoms with Gasteiger partial charge in [-0.25, -0.2) is 4.79 Å². The molecule has 0 aromatic heterocycles. The molecule has 0 radical (unpaired) electrons. The number of aromatic carboxylic acids is 1. The highest BCUT2D eigenvalue weighted by Gasteiger charge is 2.08. The minimum absolute atomic E-state index is 0.203. The van der Waals surface area contributed by atoms with Gasteiger partial charge in [-0.3, -0.25) is 0 Å². The summed E-state index contributed by atoms with van der Waals surface area (Å²) in [6.45, 7) is 0.384. The molecule has 3 nitrogen and oxygen atoms in total. The van der Waals surface area contributed by atoms with E-state index in [1.54, 1.807) is 6.07 Å². The fraction of sp³-hybridized carbons (Fsp3) is 0.0714. The maximum Gasteiger partial charge on any atom is 0.335 e. The predicted molar refractivity (Wildman–Crippen MR) is 79.6 cm³/mol. The number of hydrogen-bond donors (Lipinski definition) is 1. The highest BCUT2D eigenvalue weighted by atomic mass is 79.9. The van der Waals surface area contributed by atoms with E-state index >= 15 is 0 Å². The van der Waals surface area contributed by atoms with Crippen molar-refractivity contribution in [3.05, 3.63) is 62.5 Å². The molecule has 1 N–H and O–H groups in total. The van der Waals surface area contributed by atoms with Gasteiger partial charge in [-0.05, 0) is 51.8 Å². The third-order valence-corrected chi connectivity index (χ3v) is 3.67. The van der Waals surface area contributed by atoms with Crippen LogP contribution in [0.15, 0.2) is 51.4 Å². The molecule has 0 bridgehead atoms. The van der Waals surface area contributed by atoms with Crippen LogP contribution >= 0.6 is 31.9 Å². The number of benzene rings is 2. The van der Waals surface area contributed by atoms with Gasteiger partial charge in [0.05, 0.1) is 10.0 Å². The van der Waals surface area contributed by atoms with E-state index < -0.39 is 5.97 Å². The molecule has 0 fully saturated rings. The Hall–Kier alpha value is -1.33. The van der Waals surface area contributed by atoms with Crippen LogP contribution < -0.4 is 4.74 Å². The third kappa shape index (κ3) is 3.81. The number of carbonyl (C=O) groups is 1. The predicted octanol–water partition coefficient (Wildman–Crippen LogP) is 4.49. The van der Waals surface area contributed by atoms with E-state index in [4.69, 9.17) is 9.84 Å². The van der Waals surface area contributed by atoms with E-state index in [1.807, 2.05) is 24.3 Å². The van der Waals surface area contributed by atoms with E-state index in [-0.39, 0.29) is 5.56 Å². The van der Waals surface area contributed by atoms with E-state index in [0.717, 1.165) is 14.5 Å². The molecule has 19 heavy (non-hydrogen) atoms. The second kappa shape index (κ2) is 6.21. The van der Waals surface area contributed by atoms with Crippen molar-refractivity contribution in [2.24, 2.45) is 0 Å². The maximum absolute atomic E-state index is 10.9. The van der Waals surface area contributed by atoms with E-state index in [0.29, 0.717) is 12.4 Å². The summed E-state index contributed by atoms with van der Waals surface area (Å²) < 4.78 is 7.36. The molecule has 0 aliphatic carbocycles. The third-order valence-electron chi connectivity index (χ3n) is 2.49. The van der Waals surface area contributed by atoms with Gasteiger partial charge in [-0.1, -0.05) is 28.1 Å². The van der Waals surface area contributed by atoms with Crippen LogP contribution in [-0.4, -0.2) is 11.1 Å². The molecule has 0 spiro atoms. The minimum atomic E-state index is -0.971. The SMILES string of the molecule is O=C(O)c1ccc(Br)c(OCc2ccc(Br)cc2)c1. The summed E-state index contributed by atoms with van der Waals surface area (Å²) in [5.74, 6) is -0.455. The summed E-state index contributed by atoms with van der Waals surface area (Å²) in [5, 5.41) is 8.94. The Labute approximate surface area is 127 Å². The summed E-state index contributed by atoms with van der Waals surface area (Å²) in [4.78, 5) is 10.9. The topological polar surface area (TPSA) is 46.5 Å². The van der Waals surface area contributed by atoms with Crippen molar-refractivity contribution in [1.82, 2.24) is 0 Å². The molecule has 5 heteroatoms. The Morgan fingerprint density at radius 2 is 1.79 bits per heavy atom. The molecular formula is C14H10Br2O3. The lowest BCUT2D eigenvalue weighted by Crippen LogP contribution is -2.00. The molecule has 0 amide bonds. The van der Waals surface area contributed by atoms with Crippen molar-refractivity contribution in [2.45, 2.75) is 6.61 Å². The van der Waals surface area contributed by atoms with E-state index in [2.05, 4.69) is 31.9 Å². The summed E-state index contributed by atoms with van der Waals surface area (Å²) >= 11 is 6.70.